The lowest BCUT2D eigenvalue weighted by Gasteiger charge is -2.31. The van der Waals surface area contributed by atoms with Gasteiger partial charge in [-0.3, -0.25) is 0 Å². The molecule has 2 N–H and O–H groups in total. The quantitative estimate of drug-likeness (QED) is 0.405. The molecule has 0 spiro atoms. The fourth-order valence-electron chi connectivity index (χ4n) is 4.31. The Morgan fingerprint density at radius 1 is 1.03 bits per heavy atom. The van der Waals surface area contributed by atoms with E-state index in [4.69, 9.17) is 24.7 Å². The zero-order valence-electron chi connectivity index (χ0n) is 20.9. The number of hydrogen-bond acceptors (Lipinski definition) is 7. The highest BCUT2D eigenvalue weighted by molar-refractivity contribution is 5.75. The average Bonchev–Trinajstić information content (AvgIpc) is 2.93. The number of rotatable bonds is 11. The molecular weight excluding hydrogens is 456 g/mol. The molecule has 4 rings (SSSR count). The van der Waals surface area contributed by atoms with Crippen molar-refractivity contribution in [3.63, 3.8) is 0 Å². The first-order chi connectivity index (χ1) is 17.6. The topological polar surface area (TPSA) is 83.3 Å². The SMILES string of the molecule is CCOC(Cc1ccc(C(N)c2ccc(OCCN3CCOc4ccccc43)cc2)cc1)C(=O)OC. The number of carbonyl (C=O) groups excluding carboxylic acids is 1. The van der Waals surface area contributed by atoms with Crippen molar-refractivity contribution in [2.45, 2.75) is 25.5 Å². The van der Waals surface area contributed by atoms with E-state index in [2.05, 4.69) is 11.0 Å². The molecule has 36 heavy (non-hydrogen) atoms. The maximum atomic E-state index is 11.9. The molecule has 0 saturated carbocycles. The number of ether oxygens (including phenoxy) is 4. The van der Waals surface area contributed by atoms with Gasteiger partial charge in [0.2, 0.25) is 0 Å². The fourth-order valence-corrected chi connectivity index (χ4v) is 4.31. The number of carbonyl (C=O) groups is 1. The Morgan fingerprint density at radius 2 is 1.72 bits per heavy atom. The number of methoxy groups -OCH3 is 1. The first-order valence-corrected chi connectivity index (χ1v) is 12.3. The minimum Gasteiger partial charge on any atom is -0.492 e. The molecule has 7 nitrogen and oxygen atoms in total. The van der Waals surface area contributed by atoms with E-state index in [1.54, 1.807) is 0 Å². The van der Waals surface area contributed by atoms with Gasteiger partial charge in [0.25, 0.3) is 0 Å². The average molecular weight is 491 g/mol. The van der Waals surface area contributed by atoms with Crippen molar-refractivity contribution in [1.82, 2.24) is 0 Å². The van der Waals surface area contributed by atoms with Crippen LogP contribution in [0.4, 0.5) is 5.69 Å². The van der Waals surface area contributed by atoms with Crippen LogP contribution in [0.3, 0.4) is 0 Å². The van der Waals surface area contributed by atoms with Crippen molar-refractivity contribution in [2.75, 3.05) is 44.9 Å². The maximum absolute atomic E-state index is 11.9. The van der Waals surface area contributed by atoms with Crippen LogP contribution in [-0.2, 0) is 20.7 Å². The maximum Gasteiger partial charge on any atom is 0.335 e. The summed E-state index contributed by atoms with van der Waals surface area (Å²) in [5.74, 6) is 1.37. The van der Waals surface area contributed by atoms with E-state index in [-0.39, 0.29) is 12.0 Å². The van der Waals surface area contributed by atoms with Crippen molar-refractivity contribution < 1.29 is 23.7 Å². The van der Waals surface area contributed by atoms with Crippen molar-refractivity contribution in [1.29, 1.82) is 0 Å². The third kappa shape index (κ3) is 6.36. The lowest BCUT2D eigenvalue weighted by molar-refractivity contribution is -0.153. The minimum atomic E-state index is -0.606. The highest BCUT2D eigenvalue weighted by Gasteiger charge is 2.20. The first-order valence-electron chi connectivity index (χ1n) is 12.3. The third-order valence-electron chi connectivity index (χ3n) is 6.29. The summed E-state index contributed by atoms with van der Waals surface area (Å²) in [6.45, 7) is 5.20. The number of hydrogen-bond donors (Lipinski definition) is 1. The number of fused-ring (bicyclic) bond motifs is 1. The van der Waals surface area contributed by atoms with E-state index >= 15 is 0 Å². The van der Waals surface area contributed by atoms with E-state index in [1.165, 1.54) is 7.11 Å². The second kappa shape index (κ2) is 12.4. The highest BCUT2D eigenvalue weighted by atomic mass is 16.6. The Bertz CT molecular complexity index is 1120. The van der Waals surface area contributed by atoms with Gasteiger partial charge in [-0.25, -0.2) is 4.79 Å². The first kappa shape index (κ1) is 25.5. The third-order valence-corrected chi connectivity index (χ3v) is 6.29. The number of anilines is 1. The van der Waals surface area contributed by atoms with E-state index in [0.717, 1.165) is 47.0 Å². The molecule has 0 amide bonds. The highest BCUT2D eigenvalue weighted by Crippen LogP contribution is 2.30. The molecule has 2 atom stereocenters. The molecule has 0 aromatic heterocycles. The molecule has 0 fully saturated rings. The Labute approximate surface area is 212 Å². The molecule has 0 bridgehead atoms. The van der Waals surface area contributed by atoms with Gasteiger partial charge < -0.3 is 29.6 Å². The smallest absolute Gasteiger partial charge is 0.335 e. The predicted octanol–water partition coefficient (Wildman–Crippen LogP) is 4.13. The van der Waals surface area contributed by atoms with Gasteiger partial charge in [-0.2, -0.15) is 0 Å². The second-order valence-electron chi connectivity index (χ2n) is 8.61. The van der Waals surface area contributed by atoms with Crippen LogP contribution in [0, 0.1) is 0 Å². The van der Waals surface area contributed by atoms with Gasteiger partial charge in [0.1, 0.15) is 24.7 Å². The lowest BCUT2D eigenvalue weighted by Crippen LogP contribution is -2.35. The van der Waals surface area contributed by atoms with Gasteiger partial charge in [0.05, 0.1) is 31.9 Å². The number of para-hydroxylation sites is 2. The summed E-state index contributed by atoms with van der Waals surface area (Å²) in [5, 5.41) is 0. The molecule has 3 aromatic rings. The predicted molar refractivity (Wildman–Crippen MR) is 140 cm³/mol. The summed E-state index contributed by atoms with van der Waals surface area (Å²) in [5.41, 5.74) is 10.6. The molecule has 190 valence electrons. The van der Waals surface area contributed by atoms with Gasteiger partial charge in [-0.15, -0.1) is 0 Å². The molecule has 0 radical (unpaired) electrons. The van der Waals surface area contributed by atoms with Crippen molar-refractivity contribution in [3.8, 4) is 11.5 Å². The molecular formula is C29H34N2O5. The van der Waals surface area contributed by atoms with Crippen molar-refractivity contribution in [2.24, 2.45) is 5.73 Å². The molecule has 1 aliphatic heterocycles. The van der Waals surface area contributed by atoms with Gasteiger partial charge in [-0.1, -0.05) is 48.5 Å². The Morgan fingerprint density at radius 3 is 2.42 bits per heavy atom. The van der Waals surface area contributed by atoms with Crippen LogP contribution in [-0.4, -0.2) is 52.1 Å². The van der Waals surface area contributed by atoms with Crippen LogP contribution in [0.15, 0.2) is 72.8 Å². The summed E-state index contributed by atoms with van der Waals surface area (Å²) >= 11 is 0. The van der Waals surface area contributed by atoms with Crippen LogP contribution in [0.25, 0.3) is 0 Å². The van der Waals surface area contributed by atoms with Crippen molar-refractivity contribution >= 4 is 11.7 Å². The van der Waals surface area contributed by atoms with Gasteiger partial charge >= 0.3 is 5.97 Å². The number of nitrogens with zero attached hydrogens (tertiary/aromatic N) is 1. The zero-order chi connectivity index (χ0) is 25.3. The van der Waals surface area contributed by atoms with Crippen LogP contribution in [0.5, 0.6) is 11.5 Å². The Kier molecular flexibility index (Phi) is 8.81. The molecule has 7 heteroatoms. The van der Waals surface area contributed by atoms with E-state index in [9.17, 15) is 4.79 Å². The molecule has 3 aromatic carbocycles. The largest absolute Gasteiger partial charge is 0.492 e. The monoisotopic (exact) mass is 490 g/mol. The van der Waals surface area contributed by atoms with E-state index < -0.39 is 6.10 Å². The van der Waals surface area contributed by atoms with Gasteiger partial charge in [0.15, 0.2) is 6.10 Å². The van der Waals surface area contributed by atoms with Crippen LogP contribution in [0.1, 0.15) is 29.7 Å². The molecule has 0 saturated heterocycles. The molecule has 0 aliphatic carbocycles. The lowest BCUT2D eigenvalue weighted by atomic mass is 9.97. The van der Waals surface area contributed by atoms with Crippen LogP contribution >= 0.6 is 0 Å². The molecule has 1 aliphatic rings. The second-order valence-corrected chi connectivity index (χ2v) is 8.61. The molecule has 1 heterocycles. The fraction of sp³-hybridized carbons (Fsp3) is 0.345. The zero-order valence-corrected chi connectivity index (χ0v) is 20.9. The standard InChI is InChI=1S/C29H34N2O5/c1-3-34-27(29(32)33-2)20-21-8-10-22(11-9-21)28(30)23-12-14-24(15-13-23)35-18-16-31-17-19-36-26-7-5-4-6-25(26)31/h4-15,27-28H,3,16-20,30H2,1-2H3. The normalized spacial score (nSPS) is 14.4. The van der Waals surface area contributed by atoms with Crippen LogP contribution in [0.2, 0.25) is 0 Å². The van der Waals surface area contributed by atoms with Gasteiger partial charge in [-0.05, 0) is 47.9 Å². The van der Waals surface area contributed by atoms with Gasteiger partial charge in [0, 0.05) is 13.0 Å². The number of esters is 1. The van der Waals surface area contributed by atoms with Crippen molar-refractivity contribution in [3.05, 3.63) is 89.5 Å². The molecule has 2 unspecified atom stereocenters. The minimum absolute atomic E-state index is 0.263. The van der Waals surface area contributed by atoms with E-state index in [1.807, 2.05) is 73.7 Å². The summed E-state index contributed by atoms with van der Waals surface area (Å²) in [4.78, 5) is 14.2. The summed E-state index contributed by atoms with van der Waals surface area (Å²) in [6, 6.07) is 23.7. The van der Waals surface area contributed by atoms with E-state index in [0.29, 0.717) is 26.2 Å². The summed E-state index contributed by atoms with van der Waals surface area (Å²) in [6.07, 6.45) is -0.150. The summed E-state index contributed by atoms with van der Waals surface area (Å²) in [7, 11) is 1.37. The number of benzene rings is 3. The Hall–Kier alpha value is -3.55. The summed E-state index contributed by atoms with van der Waals surface area (Å²) < 4.78 is 22.1. The van der Waals surface area contributed by atoms with Crippen LogP contribution < -0.4 is 20.1 Å². The number of nitrogens with two attached hydrogens (primary N) is 1. The Balaban J connectivity index is 1.30.